The molecule has 0 spiro atoms. The van der Waals surface area contributed by atoms with Crippen molar-refractivity contribution in [3.63, 3.8) is 0 Å². The molecule has 2 aromatic rings. The molecular weight excluding hydrogens is 400 g/mol. The van der Waals surface area contributed by atoms with Gasteiger partial charge in [0.1, 0.15) is 0 Å². The number of sulfonamides is 1. The highest BCUT2D eigenvalue weighted by Gasteiger charge is 2.25. The standard InChI is InChI=1S/C23H28N2O4S/c1-18-9-11-21(12-10-18)30(28,29)24-16-19-6-5-15-25(17-19)23(27)14-13-22(26)20-7-3-2-4-8-20/h2-4,7-12,19,24H,5-6,13-17H2,1H3/t19-/m1/s1. The minimum absolute atomic E-state index is 0.0385. The van der Waals surface area contributed by atoms with Gasteiger partial charge >= 0.3 is 0 Å². The van der Waals surface area contributed by atoms with E-state index in [9.17, 15) is 18.0 Å². The Balaban J connectivity index is 1.49. The summed E-state index contributed by atoms with van der Waals surface area (Å²) >= 11 is 0. The maximum absolute atomic E-state index is 12.6. The van der Waals surface area contributed by atoms with Gasteiger partial charge in [-0.2, -0.15) is 0 Å². The Morgan fingerprint density at radius 3 is 2.43 bits per heavy atom. The van der Waals surface area contributed by atoms with E-state index in [-0.39, 0.29) is 35.3 Å². The van der Waals surface area contributed by atoms with E-state index < -0.39 is 10.0 Å². The Hall–Kier alpha value is -2.51. The third kappa shape index (κ3) is 6.00. The Morgan fingerprint density at radius 2 is 1.73 bits per heavy atom. The minimum atomic E-state index is -3.56. The van der Waals surface area contributed by atoms with Gasteiger partial charge in [-0.1, -0.05) is 48.0 Å². The Morgan fingerprint density at radius 1 is 1.03 bits per heavy atom. The van der Waals surface area contributed by atoms with Crippen LogP contribution in [0.5, 0.6) is 0 Å². The lowest BCUT2D eigenvalue weighted by Crippen LogP contribution is -2.43. The van der Waals surface area contributed by atoms with E-state index in [4.69, 9.17) is 0 Å². The molecule has 1 amide bonds. The van der Waals surface area contributed by atoms with Crippen molar-refractivity contribution in [2.45, 2.75) is 37.5 Å². The Bertz CT molecular complexity index is 972. The van der Waals surface area contributed by atoms with Gasteiger partial charge in [-0.25, -0.2) is 13.1 Å². The van der Waals surface area contributed by atoms with Crippen molar-refractivity contribution >= 4 is 21.7 Å². The van der Waals surface area contributed by atoms with Gasteiger partial charge in [0.15, 0.2) is 5.78 Å². The number of hydrogen-bond donors (Lipinski definition) is 1. The van der Waals surface area contributed by atoms with Crippen molar-refractivity contribution in [2.75, 3.05) is 19.6 Å². The summed E-state index contributed by atoms with van der Waals surface area (Å²) in [6.07, 6.45) is 2.05. The Kier molecular flexibility index (Phi) is 7.39. The lowest BCUT2D eigenvalue weighted by atomic mass is 9.97. The quantitative estimate of drug-likeness (QED) is 0.655. The van der Waals surface area contributed by atoms with Crippen molar-refractivity contribution in [2.24, 2.45) is 5.92 Å². The summed E-state index contributed by atoms with van der Waals surface area (Å²) in [5.41, 5.74) is 1.62. The third-order valence-electron chi connectivity index (χ3n) is 5.43. The number of hydrogen-bond acceptors (Lipinski definition) is 4. The van der Waals surface area contributed by atoms with E-state index >= 15 is 0 Å². The monoisotopic (exact) mass is 428 g/mol. The smallest absolute Gasteiger partial charge is 0.240 e. The van der Waals surface area contributed by atoms with Crippen LogP contribution in [0.25, 0.3) is 0 Å². The van der Waals surface area contributed by atoms with Crippen LogP contribution < -0.4 is 4.72 Å². The summed E-state index contributed by atoms with van der Waals surface area (Å²) in [4.78, 5) is 26.8. The number of nitrogens with zero attached hydrogens (tertiary/aromatic N) is 1. The van der Waals surface area contributed by atoms with Gasteiger partial charge in [-0.15, -0.1) is 0 Å². The molecular formula is C23H28N2O4S. The fourth-order valence-corrected chi connectivity index (χ4v) is 4.75. The summed E-state index contributed by atoms with van der Waals surface area (Å²) in [5, 5.41) is 0. The largest absolute Gasteiger partial charge is 0.342 e. The first kappa shape index (κ1) is 22.2. The number of nitrogens with one attached hydrogen (secondary N) is 1. The molecule has 3 rings (SSSR count). The summed E-state index contributed by atoms with van der Waals surface area (Å²) in [7, 11) is -3.56. The van der Waals surface area contributed by atoms with Crippen molar-refractivity contribution in [3.05, 3.63) is 65.7 Å². The maximum Gasteiger partial charge on any atom is 0.240 e. The van der Waals surface area contributed by atoms with Gasteiger partial charge < -0.3 is 4.90 Å². The second-order valence-corrected chi connectivity index (χ2v) is 9.57. The van der Waals surface area contributed by atoms with Crippen LogP contribution in [-0.4, -0.2) is 44.6 Å². The average molecular weight is 429 g/mol. The SMILES string of the molecule is Cc1ccc(S(=O)(=O)NC[C@H]2CCCN(C(=O)CCC(=O)c3ccccc3)C2)cc1. The van der Waals surface area contributed by atoms with Crippen molar-refractivity contribution in [3.8, 4) is 0 Å². The molecule has 0 aliphatic carbocycles. The Labute approximate surface area is 178 Å². The molecule has 0 unspecified atom stereocenters. The number of ketones is 1. The molecule has 0 saturated carbocycles. The molecule has 0 radical (unpaired) electrons. The van der Waals surface area contributed by atoms with E-state index in [1.807, 2.05) is 25.1 Å². The number of piperidine rings is 1. The number of Topliss-reactive ketones (excluding diaryl/α,β-unsaturated/α-hetero) is 1. The fourth-order valence-electron chi connectivity index (χ4n) is 3.63. The summed E-state index contributed by atoms with van der Waals surface area (Å²) in [6.45, 7) is 3.36. The minimum Gasteiger partial charge on any atom is -0.342 e. The zero-order chi connectivity index (χ0) is 21.6. The van der Waals surface area contributed by atoms with Crippen LogP contribution in [0.2, 0.25) is 0 Å². The predicted molar refractivity (Wildman–Crippen MR) is 116 cm³/mol. The molecule has 1 aliphatic heterocycles. The zero-order valence-corrected chi connectivity index (χ0v) is 18.0. The van der Waals surface area contributed by atoms with Crippen LogP contribution in [-0.2, 0) is 14.8 Å². The van der Waals surface area contributed by atoms with E-state index in [0.29, 0.717) is 25.2 Å². The van der Waals surface area contributed by atoms with Crippen LogP contribution in [0.4, 0.5) is 0 Å². The molecule has 1 N–H and O–H groups in total. The van der Waals surface area contributed by atoms with Crippen LogP contribution in [0.1, 0.15) is 41.6 Å². The number of rotatable bonds is 8. The van der Waals surface area contributed by atoms with Crippen molar-refractivity contribution in [1.82, 2.24) is 9.62 Å². The molecule has 0 bridgehead atoms. The average Bonchev–Trinajstić information content (AvgIpc) is 2.77. The first-order chi connectivity index (χ1) is 14.3. The number of likely N-dealkylation sites (tertiary alicyclic amines) is 1. The van der Waals surface area contributed by atoms with Gasteiger partial charge in [-0.3, -0.25) is 9.59 Å². The highest BCUT2D eigenvalue weighted by molar-refractivity contribution is 7.89. The summed E-state index contributed by atoms with van der Waals surface area (Å²) in [5.74, 6) is -0.0264. The van der Waals surface area contributed by atoms with Gasteiger partial charge in [0, 0.05) is 38.0 Å². The molecule has 2 aromatic carbocycles. The number of carbonyl (C=O) groups excluding carboxylic acids is 2. The highest BCUT2D eigenvalue weighted by Crippen LogP contribution is 2.19. The van der Waals surface area contributed by atoms with Crippen molar-refractivity contribution in [1.29, 1.82) is 0 Å². The molecule has 1 heterocycles. The number of aryl methyl sites for hydroxylation is 1. The van der Waals surface area contributed by atoms with Crippen LogP contribution >= 0.6 is 0 Å². The van der Waals surface area contributed by atoms with E-state index in [0.717, 1.165) is 18.4 Å². The van der Waals surface area contributed by atoms with Crippen molar-refractivity contribution < 1.29 is 18.0 Å². The molecule has 7 heteroatoms. The number of benzene rings is 2. The third-order valence-corrected chi connectivity index (χ3v) is 6.87. The molecule has 1 fully saturated rings. The summed E-state index contributed by atoms with van der Waals surface area (Å²) < 4.78 is 27.6. The van der Waals surface area contributed by atoms with Gasteiger partial charge in [0.2, 0.25) is 15.9 Å². The maximum atomic E-state index is 12.6. The highest BCUT2D eigenvalue weighted by atomic mass is 32.2. The molecule has 6 nitrogen and oxygen atoms in total. The van der Waals surface area contributed by atoms with E-state index in [1.165, 1.54) is 0 Å². The fraction of sp³-hybridized carbons (Fsp3) is 0.391. The zero-order valence-electron chi connectivity index (χ0n) is 17.2. The lowest BCUT2D eigenvalue weighted by molar-refractivity contribution is -0.132. The first-order valence-corrected chi connectivity index (χ1v) is 11.8. The topological polar surface area (TPSA) is 83.6 Å². The summed E-state index contributed by atoms with van der Waals surface area (Å²) in [6, 6.07) is 15.7. The molecule has 160 valence electrons. The lowest BCUT2D eigenvalue weighted by Gasteiger charge is -2.33. The van der Waals surface area contributed by atoms with Crippen LogP contribution in [0, 0.1) is 12.8 Å². The number of carbonyl (C=O) groups is 2. The number of amides is 1. The van der Waals surface area contributed by atoms with Gasteiger partial charge in [0.25, 0.3) is 0 Å². The van der Waals surface area contributed by atoms with Gasteiger partial charge in [0.05, 0.1) is 4.90 Å². The van der Waals surface area contributed by atoms with E-state index in [2.05, 4.69) is 4.72 Å². The second kappa shape index (κ2) is 10.00. The van der Waals surface area contributed by atoms with Gasteiger partial charge in [-0.05, 0) is 37.8 Å². The molecule has 1 atom stereocenters. The van der Waals surface area contributed by atoms with E-state index in [1.54, 1.807) is 41.3 Å². The predicted octanol–water partition coefficient (Wildman–Crippen LogP) is 3.18. The molecule has 1 saturated heterocycles. The first-order valence-electron chi connectivity index (χ1n) is 10.3. The normalized spacial score (nSPS) is 17.0. The molecule has 1 aliphatic rings. The second-order valence-electron chi connectivity index (χ2n) is 7.80. The van der Waals surface area contributed by atoms with Crippen LogP contribution in [0.15, 0.2) is 59.5 Å². The molecule has 0 aromatic heterocycles. The van der Waals surface area contributed by atoms with Crippen LogP contribution in [0.3, 0.4) is 0 Å². The molecule has 30 heavy (non-hydrogen) atoms.